The van der Waals surface area contributed by atoms with Crippen LogP contribution in [0.5, 0.6) is 0 Å². The minimum absolute atomic E-state index is 0.0615. The summed E-state index contributed by atoms with van der Waals surface area (Å²) in [6, 6.07) is 0. The summed E-state index contributed by atoms with van der Waals surface area (Å²) in [5.41, 5.74) is 0. The van der Waals surface area contributed by atoms with Crippen LogP contribution in [0, 0.1) is 0 Å². The van der Waals surface area contributed by atoms with E-state index < -0.39 is 0 Å². The monoisotopic (exact) mass is 205 g/mol. The van der Waals surface area contributed by atoms with Crippen molar-refractivity contribution in [2.75, 3.05) is 47.1 Å². The molecule has 0 aliphatic rings. The summed E-state index contributed by atoms with van der Waals surface area (Å²) in [6.45, 7) is 4.82. The van der Waals surface area contributed by atoms with Crippen LogP contribution < -0.4 is 0 Å². The molecule has 0 heterocycles. The van der Waals surface area contributed by atoms with Crippen molar-refractivity contribution < 1.29 is 14.6 Å². The van der Waals surface area contributed by atoms with Crippen molar-refractivity contribution in [2.45, 2.75) is 19.4 Å². The fourth-order valence-corrected chi connectivity index (χ4v) is 1.09. The van der Waals surface area contributed by atoms with Crippen molar-refractivity contribution in [1.29, 1.82) is 0 Å². The zero-order chi connectivity index (χ0) is 10.8. The van der Waals surface area contributed by atoms with Gasteiger partial charge in [0.1, 0.15) is 0 Å². The van der Waals surface area contributed by atoms with Crippen LogP contribution in [0.3, 0.4) is 0 Å². The van der Waals surface area contributed by atoms with Gasteiger partial charge in [-0.2, -0.15) is 0 Å². The third-order valence-electron chi connectivity index (χ3n) is 1.70. The Kier molecular flexibility index (Phi) is 9.29. The molecule has 1 atom stereocenters. The molecule has 14 heavy (non-hydrogen) atoms. The molecule has 0 spiro atoms. The topological polar surface area (TPSA) is 41.9 Å². The van der Waals surface area contributed by atoms with Crippen LogP contribution in [0.2, 0.25) is 0 Å². The van der Waals surface area contributed by atoms with Gasteiger partial charge in [-0.3, -0.25) is 0 Å². The third-order valence-corrected chi connectivity index (χ3v) is 1.70. The summed E-state index contributed by atoms with van der Waals surface area (Å²) in [4.78, 5) is 1.99. The molecule has 4 nitrogen and oxygen atoms in total. The number of hydrogen-bond donors (Lipinski definition) is 1. The van der Waals surface area contributed by atoms with Gasteiger partial charge in [-0.15, -0.1) is 0 Å². The fourth-order valence-electron chi connectivity index (χ4n) is 1.09. The smallest absolute Gasteiger partial charge is 0.0933 e. The van der Waals surface area contributed by atoms with Gasteiger partial charge < -0.3 is 19.5 Å². The molecule has 0 fully saturated rings. The zero-order valence-electron chi connectivity index (χ0n) is 9.53. The normalized spacial score (nSPS) is 13.5. The van der Waals surface area contributed by atoms with Crippen LogP contribution in [-0.4, -0.2) is 63.2 Å². The van der Waals surface area contributed by atoms with Crippen molar-refractivity contribution >= 4 is 0 Å². The van der Waals surface area contributed by atoms with Gasteiger partial charge in [-0.25, -0.2) is 0 Å². The lowest BCUT2D eigenvalue weighted by Crippen LogP contribution is -2.32. The number of nitrogens with zero attached hydrogens (tertiary/aromatic N) is 1. The molecule has 0 rings (SSSR count). The molecule has 4 heteroatoms. The van der Waals surface area contributed by atoms with Gasteiger partial charge in [0.25, 0.3) is 0 Å². The van der Waals surface area contributed by atoms with E-state index in [0.29, 0.717) is 13.2 Å². The predicted octanol–water partition coefficient (Wildman–Crippen LogP) is 0.352. The van der Waals surface area contributed by atoms with Crippen LogP contribution >= 0.6 is 0 Å². The average molecular weight is 205 g/mol. The van der Waals surface area contributed by atoms with Crippen molar-refractivity contribution in [1.82, 2.24) is 4.90 Å². The van der Waals surface area contributed by atoms with Gasteiger partial charge in [-0.05, 0) is 20.5 Å². The third kappa shape index (κ3) is 8.44. The molecule has 0 radical (unpaired) electrons. The highest BCUT2D eigenvalue weighted by atomic mass is 16.5. The SMILES string of the molecule is CCCOCCOC(CO)CN(C)C. The highest BCUT2D eigenvalue weighted by Gasteiger charge is 2.08. The van der Waals surface area contributed by atoms with Crippen LogP contribution in [0.25, 0.3) is 0 Å². The number of ether oxygens (including phenoxy) is 2. The summed E-state index contributed by atoms with van der Waals surface area (Å²) < 4.78 is 10.7. The first-order chi connectivity index (χ1) is 6.70. The standard InChI is InChI=1S/C10H23NO3/c1-4-5-13-6-7-14-10(9-12)8-11(2)3/h10,12H,4-9H2,1-3H3. The number of hydrogen-bond acceptors (Lipinski definition) is 4. The van der Waals surface area contributed by atoms with Crippen molar-refractivity contribution in [2.24, 2.45) is 0 Å². The molecule has 0 aliphatic carbocycles. The van der Waals surface area contributed by atoms with E-state index in [2.05, 4.69) is 6.92 Å². The number of aliphatic hydroxyl groups excluding tert-OH is 1. The fraction of sp³-hybridized carbons (Fsp3) is 1.00. The second-order valence-electron chi connectivity index (χ2n) is 3.55. The molecular weight excluding hydrogens is 182 g/mol. The number of likely N-dealkylation sites (N-methyl/N-ethyl adjacent to an activating group) is 1. The Morgan fingerprint density at radius 1 is 1.21 bits per heavy atom. The lowest BCUT2D eigenvalue weighted by Gasteiger charge is -2.19. The molecule has 0 aromatic rings. The molecule has 0 aromatic carbocycles. The van der Waals surface area contributed by atoms with E-state index in [1.165, 1.54) is 0 Å². The van der Waals surface area contributed by atoms with Crippen molar-refractivity contribution in [3.63, 3.8) is 0 Å². The number of aliphatic hydroxyl groups is 1. The lowest BCUT2D eigenvalue weighted by molar-refractivity contribution is -0.0280. The summed E-state index contributed by atoms with van der Waals surface area (Å²) in [7, 11) is 3.92. The molecule has 86 valence electrons. The van der Waals surface area contributed by atoms with E-state index in [1.807, 2.05) is 19.0 Å². The maximum atomic E-state index is 8.99. The second-order valence-corrected chi connectivity index (χ2v) is 3.55. The highest BCUT2D eigenvalue weighted by molar-refractivity contribution is 4.58. The maximum absolute atomic E-state index is 8.99. The molecule has 0 aliphatic heterocycles. The molecule has 0 bridgehead atoms. The zero-order valence-corrected chi connectivity index (χ0v) is 9.53. The molecule has 1 N–H and O–H groups in total. The Bertz CT molecular complexity index is 120. The summed E-state index contributed by atoms with van der Waals surface area (Å²) in [5, 5.41) is 8.99. The first kappa shape index (κ1) is 13.8. The number of rotatable bonds is 9. The summed E-state index contributed by atoms with van der Waals surface area (Å²) >= 11 is 0. The molecule has 0 aromatic heterocycles. The first-order valence-electron chi connectivity index (χ1n) is 5.15. The molecule has 0 saturated carbocycles. The maximum Gasteiger partial charge on any atom is 0.0933 e. The lowest BCUT2D eigenvalue weighted by atomic mass is 10.3. The van der Waals surface area contributed by atoms with Crippen LogP contribution in [-0.2, 0) is 9.47 Å². The van der Waals surface area contributed by atoms with E-state index >= 15 is 0 Å². The Labute approximate surface area is 86.8 Å². The van der Waals surface area contributed by atoms with E-state index in [-0.39, 0.29) is 12.7 Å². The van der Waals surface area contributed by atoms with E-state index in [4.69, 9.17) is 14.6 Å². The Hall–Kier alpha value is -0.160. The highest BCUT2D eigenvalue weighted by Crippen LogP contribution is 1.93. The Morgan fingerprint density at radius 3 is 2.43 bits per heavy atom. The molecule has 1 unspecified atom stereocenters. The predicted molar refractivity (Wildman–Crippen MR) is 56.5 cm³/mol. The van der Waals surface area contributed by atoms with Crippen molar-refractivity contribution in [3.05, 3.63) is 0 Å². The van der Waals surface area contributed by atoms with Gasteiger partial charge in [0.2, 0.25) is 0 Å². The summed E-state index contributed by atoms with van der Waals surface area (Å²) in [5.74, 6) is 0. The van der Waals surface area contributed by atoms with Gasteiger partial charge in [0, 0.05) is 13.2 Å². The van der Waals surface area contributed by atoms with Gasteiger partial charge >= 0.3 is 0 Å². The van der Waals surface area contributed by atoms with Gasteiger partial charge in [0.15, 0.2) is 0 Å². The Balaban J connectivity index is 3.33. The van der Waals surface area contributed by atoms with E-state index in [0.717, 1.165) is 19.6 Å². The minimum atomic E-state index is -0.102. The summed E-state index contributed by atoms with van der Waals surface area (Å²) in [6.07, 6.45) is 0.927. The van der Waals surface area contributed by atoms with Gasteiger partial charge in [0.05, 0.1) is 25.9 Å². The molecule has 0 amide bonds. The van der Waals surface area contributed by atoms with E-state index in [9.17, 15) is 0 Å². The van der Waals surface area contributed by atoms with Crippen molar-refractivity contribution in [3.8, 4) is 0 Å². The van der Waals surface area contributed by atoms with Crippen LogP contribution in [0.4, 0.5) is 0 Å². The first-order valence-corrected chi connectivity index (χ1v) is 5.15. The quantitative estimate of drug-likeness (QED) is 0.552. The average Bonchev–Trinajstić information content (AvgIpc) is 2.15. The Morgan fingerprint density at radius 2 is 1.93 bits per heavy atom. The van der Waals surface area contributed by atoms with E-state index in [1.54, 1.807) is 0 Å². The van der Waals surface area contributed by atoms with Crippen LogP contribution in [0.15, 0.2) is 0 Å². The van der Waals surface area contributed by atoms with Crippen LogP contribution in [0.1, 0.15) is 13.3 Å². The molecular formula is C10H23NO3. The molecule has 0 saturated heterocycles. The largest absolute Gasteiger partial charge is 0.394 e. The van der Waals surface area contributed by atoms with Gasteiger partial charge in [-0.1, -0.05) is 6.92 Å². The minimum Gasteiger partial charge on any atom is -0.394 e. The second kappa shape index (κ2) is 9.40.